The number of aliphatic hydroxyl groups excluding tert-OH is 1. The van der Waals surface area contributed by atoms with Gasteiger partial charge in [-0.2, -0.15) is 11.3 Å². The SMILES string of the molecule is CC(N)C(c1ccsc1)N1CCCCC1CCO. The highest BCUT2D eigenvalue weighted by Crippen LogP contribution is 2.32. The number of thiophene rings is 1. The Balaban J connectivity index is 2.17. The largest absolute Gasteiger partial charge is 0.396 e. The minimum Gasteiger partial charge on any atom is -0.396 e. The van der Waals surface area contributed by atoms with E-state index in [2.05, 4.69) is 28.7 Å². The van der Waals surface area contributed by atoms with Crippen LogP contribution in [0.1, 0.15) is 44.2 Å². The van der Waals surface area contributed by atoms with Crippen molar-refractivity contribution in [2.75, 3.05) is 13.2 Å². The Bertz CT molecular complexity index is 338. The lowest BCUT2D eigenvalue weighted by Crippen LogP contribution is -2.47. The Morgan fingerprint density at radius 1 is 1.56 bits per heavy atom. The predicted molar refractivity (Wildman–Crippen MR) is 76.8 cm³/mol. The van der Waals surface area contributed by atoms with E-state index >= 15 is 0 Å². The second kappa shape index (κ2) is 6.66. The average Bonchev–Trinajstić information content (AvgIpc) is 2.85. The van der Waals surface area contributed by atoms with E-state index in [0.717, 1.165) is 13.0 Å². The van der Waals surface area contributed by atoms with Crippen LogP contribution in [0.5, 0.6) is 0 Å². The van der Waals surface area contributed by atoms with Crippen LogP contribution in [-0.2, 0) is 0 Å². The van der Waals surface area contributed by atoms with E-state index in [-0.39, 0.29) is 12.6 Å². The molecule has 18 heavy (non-hydrogen) atoms. The number of likely N-dealkylation sites (tertiary alicyclic amines) is 1. The molecule has 1 saturated heterocycles. The van der Waals surface area contributed by atoms with Crippen molar-refractivity contribution >= 4 is 11.3 Å². The quantitative estimate of drug-likeness (QED) is 0.862. The van der Waals surface area contributed by atoms with Gasteiger partial charge in [-0.3, -0.25) is 4.90 Å². The summed E-state index contributed by atoms with van der Waals surface area (Å²) in [5.41, 5.74) is 7.55. The molecule has 0 amide bonds. The van der Waals surface area contributed by atoms with Gasteiger partial charge in [0.2, 0.25) is 0 Å². The molecule has 3 nitrogen and oxygen atoms in total. The second-order valence-electron chi connectivity index (χ2n) is 5.26. The smallest absolute Gasteiger partial charge is 0.0507 e. The zero-order valence-electron chi connectivity index (χ0n) is 11.1. The van der Waals surface area contributed by atoms with Crippen LogP contribution >= 0.6 is 11.3 Å². The molecule has 3 unspecified atom stereocenters. The summed E-state index contributed by atoms with van der Waals surface area (Å²) in [5, 5.41) is 13.6. The summed E-state index contributed by atoms with van der Waals surface area (Å²) in [6.45, 7) is 3.47. The lowest BCUT2D eigenvalue weighted by Gasteiger charge is -2.42. The van der Waals surface area contributed by atoms with Gasteiger partial charge in [-0.05, 0) is 55.1 Å². The van der Waals surface area contributed by atoms with Crippen LogP contribution in [0.15, 0.2) is 16.8 Å². The monoisotopic (exact) mass is 268 g/mol. The van der Waals surface area contributed by atoms with Gasteiger partial charge in [0.05, 0.1) is 6.04 Å². The third-order valence-electron chi connectivity index (χ3n) is 3.88. The van der Waals surface area contributed by atoms with Gasteiger partial charge in [-0.25, -0.2) is 0 Å². The molecule has 1 fully saturated rings. The molecule has 0 spiro atoms. The normalized spacial score (nSPS) is 24.9. The number of nitrogens with zero attached hydrogens (tertiary/aromatic N) is 1. The Morgan fingerprint density at radius 3 is 3.00 bits per heavy atom. The number of nitrogens with two attached hydrogens (primary N) is 1. The Hall–Kier alpha value is -0.420. The first-order chi connectivity index (χ1) is 8.74. The first kappa shape index (κ1) is 14.0. The Kier molecular flexibility index (Phi) is 5.18. The van der Waals surface area contributed by atoms with Crippen LogP contribution in [0.2, 0.25) is 0 Å². The van der Waals surface area contributed by atoms with Gasteiger partial charge in [0.25, 0.3) is 0 Å². The predicted octanol–water partition coefficient (Wildman–Crippen LogP) is 2.37. The molecule has 3 N–H and O–H groups in total. The molecule has 1 aromatic heterocycles. The summed E-state index contributed by atoms with van der Waals surface area (Å²) >= 11 is 1.73. The minimum absolute atomic E-state index is 0.124. The van der Waals surface area contributed by atoms with Crippen molar-refractivity contribution in [3.63, 3.8) is 0 Å². The molecule has 3 atom stereocenters. The lowest BCUT2D eigenvalue weighted by molar-refractivity contribution is 0.0654. The van der Waals surface area contributed by atoms with Gasteiger partial charge in [0.1, 0.15) is 0 Å². The molecular formula is C14H24N2OS. The fourth-order valence-corrected chi connectivity index (χ4v) is 3.78. The molecule has 4 heteroatoms. The Labute approximate surface area is 114 Å². The molecule has 0 aromatic carbocycles. The van der Waals surface area contributed by atoms with Crippen LogP contribution in [0, 0.1) is 0 Å². The van der Waals surface area contributed by atoms with E-state index in [4.69, 9.17) is 5.73 Å². The summed E-state index contributed by atoms with van der Waals surface area (Å²) in [7, 11) is 0. The third-order valence-corrected chi connectivity index (χ3v) is 4.58. The molecule has 2 rings (SSSR count). The van der Waals surface area contributed by atoms with Crippen molar-refractivity contribution < 1.29 is 5.11 Å². The standard InChI is InChI=1S/C14H24N2OS/c1-11(15)14(12-6-9-18-10-12)16-7-3-2-4-13(16)5-8-17/h6,9-11,13-14,17H,2-5,7-8,15H2,1H3. The minimum atomic E-state index is 0.124. The maximum Gasteiger partial charge on any atom is 0.0507 e. The van der Waals surface area contributed by atoms with E-state index in [1.807, 2.05) is 0 Å². The van der Waals surface area contributed by atoms with E-state index < -0.39 is 0 Å². The molecule has 0 bridgehead atoms. The van der Waals surface area contributed by atoms with Crippen LogP contribution < -0.4 is 5.73 Å². The zero-order chi connectivity index (χ0) is 13.0. The highest BCUT2D eigenvalue weighted by atomic mass is 32.1. The maximum absolute atomic E-state index is 9.23. The van der Waals surface area contributed by atoms with Crippen molar-refractivity contribution in [3.8, 4) is 0 Å². The molecule has 1 aliphatic rings. The van der Waals surface area contributed by atoms with E-state index in [0.29, 0.717) is 12.1 Å². The van der Waals surface area contributed by atoms with Crippen molar-refractivity contribution in [1.82, 2.24) is 4.90 Å². The topological polar surface area (TPSA) is 49.5 Å². The first-order valence-electron chi connectivity index (χ1n) is 6.88. The van der Waals surface area contributed by atoms with E-state index in [1.54, 1.807) is 11.3 Å². The van der Waals surface area contributed by atoms with Crippen molar-refractivity contribution in [3.05, 3.63) is 22.4 Å². The summed E-state index contributed by atoms with van der Waals surface area (Å²) in [5.74, 6) is 0. The molecule has 0 radical (unpaired) electrons. The average molecular weight is 268 g/mol. The summed E-state index contributed by atoms with van der Waals surface area (Å²) in [6, 6.07) is 3.09. The van der Waals surface area contributed by atoms with Crippen LogP contribution in [0.4, 0.5) is 0 Å². The summed E-state index contributed by atoms with van der Waals surface area (Å²) in [4.78, 5) is 2.52. The fraction of sp³-hybridized carbons (Fsp3) is 0.714. The van der Waals surface area contributed by atoms with Gasteiger partial charge in [-0.1, -0.05) is 6.42 Å². The van der Waals surface area contributed by atoms with E-state index in [1.165, 1.54) is 24.8 Å². The van der Waals surface area contributed by atoms with Crippen molar-refractivity contribution in [1.29, 1.82) is 0 Å². The number of hydrogen-bond acceptors (Lipinski definition) is 4. The molecule has 0 saturated carbocycles. The van der Waals surface area contributed by atoms with Crippen molar-refractivity contribution in [2.24, 2.45) is 5.73 Å². The van der Waals surface area contributed by atoms with Crippen molar-refractivity contribution in [2.45, 2.75) is 50.7 Å². The van der Waals surface area contributed by atoms with Crippen LogP contribution in [-0.4, -0.2) is 35.2 Å². The number of piperidine rings is 1. The molecular weight excluding hydrogens is 244 g/mol. The van der Waals surface area contributed by atoms with Gasteiger partial charge in [-0.15, -0.1) is 0 Å². The van der Waals surface area contributed by atoms with E-state index in [9.17, 15) is 5.11 Å². The molecule has 1 aliphatic heterocycles. The van der Waals surface area contributed by atoms with Gasteiger partial charge in [0, 0.05) is 18.7 Å². The fourth-order valence-electron chi connectivity index (χ4n) is 3.09. The number of aliphatic hydroxyl groups is 1. The third kappa shape index (κ3) is 3.12. The number of rotatable bonds is 5. The zero-order valence-corrected chi connectivity index (χ0v) is 11.9. The summed E-state index contributed by atoms with van der Waals surface area (Å²) < 4.78 is 0. The molecule has 2 heterocycles. The maximum atomic E-state index is 9.23. The first-order valence-corrected chi connectivity index (χ1v) is 7.82. The van der Waals surface area contributed by atoms with Gasteiger partial charge in [0.15, 0.2) is 0 Å². The highest BCUT2D eigenvalue weighted by Gasteiger charge is 2.31. The van der Waals surface area contributed by atoms with Crippen LogP contribution in [0.25, 0.3) is 0 Å². The van der Waals surface area contributed by atoms with Crippen LogP contribution in [0.3, 0.4) is 0 Å². The lowest BCUT2D eigenvalue weighted by atomic mass is 9.93. The summed E-state index contributed by atoms with van der Waals surface area (Å²) in [6.07, 6.45) is 4.58. The Morgan fingerprint density at radius 2 is 2.39 bits per heavy atom. The van der Waals surface area contributed by atoms with Gasteiger partial charge < -0.3 is 10.8 Å². The highest BCUT2D eigenvalue weighted by molar-refractivity contribution is 7.07. The second-order valence-corrected chi connectivity index (χ2v) is 6.04. The molecule has 102 valence electrons. The molecule has 1 aromatic rings. The molecule has 0 aliphatic carbocycles. The van der Waals surface area contributed by atoms with Gasteiger partial charge >= 0.3 is 0 Å². The number of hydrogen-bond donors (Lipinski definition) is 2.